The first kappa shape index (κ1) is 24.5. The van der Waals surface area contributed by atoms with Crippen LogP contribution in [0.3, 0.4) is 0 Å². The molecule has 2 heterocycles. The lowest BCUT2D eigenvalue weighted by atomic mass is 10.1. The number of hydrogen-bond acceptors (Lipinski definition) is 5. The quantitative estimate of drug-likeness (QED) is 0.434. The molecule has 3 aliphatic rings. The molecule has 186 valence electrons. The summed E-state index contributed by atoms with van der Waals surface area (Å²) >= 11 is 6.57. The molecule has 0 aromatic heterocycles. The minimum Gasteiger partial charge on any atom is -0.325 e. The van der Waals surface area contributed by atoms with Crippen molar-refractivity contribution in [3.8, 4) is 0 Å². The maximum Gasteiger partial charge on any atom is 0.416 e. The van der Waals surface area contributed by atoms with Gasteiger partial charge in [0.2, 0.25) is 5.91 Å². The number of halogens is 3. The second-order valence-electron chi connectivity index (χ2n) is 8.72. The molecule has 0 radical (unpaired) electrons. The molecule has 36 heavy (non-hydrogen) atoms. The summed E-state index contributed by atoms with van der Waals surface area (Å²) in [6, 6.07) is 11.1. The summed E-state index contributed by atoms with van der Waals surface area (Å²) in [7, 11) is 0. The van der Waals surface area contributed by atoms with Gasteiger partial charge >= 0.3 is 6.18 Å². The molecule has 5 rings (SSSR count). The van der Waals surface area contributed by atoms with Crippen molar-refractivity contribution >= 4 is 63.0 Å². The highest BCUT2D eigenvalue weighted by atomic mass is 32.2. The van der Waals surface area contributed by atoms with Crippen LogP contribution in [0.15, 0.2) is 53.4 Å². The Bertz CT molecular complexity index is 1320. The summed E-state index contributed by atoms with van der Waals surface area (Å²) in [5.74, 6) is -1.50. The van der Waals surface area contributed by atoms with Crippen LogP contribution in [0.4, 0.5) is 24.5 Å². The van der Waals surface area contributed by atoms with Gasteiger partial charge in [-0.15, -0.1) is 0 Å². The molecule has 2 fully saturated rings. The van der Waals surface area contributed by atoms with Gasteiger partial charge in [-0.05, 0) is 37.1 Å². The Labute approximate surface area is 214 Å². The van der Waals surface area contributed by atoms with Crippen LogP contribution >= 0.6 is 24.0 Å². The number of nitrogens with zero attached hydrogens (tertiary/aromatic N) is 2. The number of thioether (sulfide) groups is 1. The summed E-state index contributed by atoms with van der Waals surface area (Å²) in [4.78, 5) is 42.7. The molecule has 3 amide bonds. The zero-order valence-electron chi connectivity index (χ0n) is 18.8. The van der Waals surface area contributed by atoms with Crippen LogP contribution in [0.5, 0.6) is 0 Å². The van der Waals surface area contributed by atoms with Crippen LogP contribution < -0.4 is 10.2 Å². The Kier molecular flexibility index (Phi) is 6.37. The van der Waals surface area contributed by atoms with Crippen LogP contribution in [-0.4, -0.2) is 39.5 Å². The normalized spacial score (nSPS) is 20.5. The predicted octanol–water partition coefficient (Wildman–Crippen LogP) is 5.20. The van der Waals surface area contributed by atoms with Gasteiger partial charge in [-0.1, -0.05) is 61.1 Å². The van der Waals surface area contributed by atoms with E-state index in [1.165, 1.54) is 17.0 Å². The lowest BCUT2D eigenvalue weighted by molar-refractivity contribution is -0.137. The van der Waals surface area contributed by atoms with E-state index in [1.807, 2.05) is 0 Å². The summed E-state index contributed by atoms with van der Waals surface area (Å²) in [6.07, 6.45) is -0.790. The summed E-state index contributed by atoms with van der Waals surface area (Å²) < 4.78 is 39.5. The molecule has 11 heteroatoms. The van der Waals surface area contributed by atoms with Crippen molar-refractivity contribution in [3.63, 3.8) is 0 Å². The number of carbonyl (C=O) groups excluding carboxylic acids is 3. The van der Waals surface area contributed by atoms with E-state index in [2.05, 4.69) is 5.32 Å². The monoisotopic (exact) mass is 531 g/mol. The first-order valence-electron chi connectivity index (χ1n) is 11.3. The van der Waals surface area contributed by atoms with Crippen LogP contribution in [0.1, 0.15) is 36.8 Å². The van der Waals surface area contributed by atoms with E-state index >= 15 is 0 Å². The topological polar surface area (TPSA) is 69.7 Å². The fraction of sp³-hybridized carbons (Fsp3) is 0.280. The SMILES string of the molecule is O=C(CN1C(=O)C(=C2SC(=S)N(C3CCCC3)C2=O)c2ccccc21)Nc1cccc(C(F)(F)F)c1. The maximum atomic E-state index is 13.5. The molecule has 6 nitrogen and oxygen atoms in total. The smallest absolute Gasteiger partial charge is 0.325 e. The van der Waals surface area contributed by atoms with Crippen molar-refractivity contribution in [1.29, 1.82) is 0 Å². The summed E-state index contributed by atoms with van der Waals surface area (Å²) in [5.41, 5.74) is 0.223. The fourth-order valence-electron chi connectivity index (χ4n) is 4.78. The largest absolute Gasteiger partial charge is 0.416 e. The van der Waals surface area contributed by atoms with Gasteiger partial charge in [-0.2, -0.15) is 13.2 Å². The van der Waals surface area contributed by atoms with Crippen molar-refractivity contribution in [2.75, 3.05) is 16.8 Å². The van der Waals surface area contributed by atoms with E-state index in [0.717, 1.165) is 49.6 Å². The maximum absolute atomic E-state index is 13.5. The Morgan fingerprint density at radius 3 is 2.50 bits per heavy atom. The molecule has 1 N–H and O–H groups in total. The van der Waals surface area contributed by atoms with Crippen molar-refractivity contribution < 1.29 is 27.6 Å². The lowest BCUT2D eigenvalue weighted by Gasteiger charge is -2.22. The number of carbonyl (C=O) groups is 3. The molecular weight excluding hydrogens is 511 g/mol. The minimum atomic E-state index is -4.55. The van der Waals surface area contributed by atoms with Gasteiger partial charge in [-0.3, -0.25) is 24.2 Å². The number of nitrogens with one attached hydrogen (secondary N) is 1. The van der Waals surface area contributed by atoms with Crippen molar-refractivity contribution in [1.82, 2.24) is 4.90 Å². The predicted molar refractivity (Wildman–Crippen MR) is 135 cm³/mol. The van der Waals surface area contributed by atoms with Gasteiger partial charge in [0.05, 0.1) is 21.7 Å². The highest BCUT2D eigenvalue weighted by Crippen LogP contribution is 2.46. The number of thiocarbonyl (C=S) groups is 1. The number of anilines is 2. The number of fused-ring (bicyclic) bond motifs is 1. The van der Waals surface area contributed by atoms with E-state index in [1.54, 1.807) is 29.2 Å². The number of alkyl halides is 3. The molecular formula is C25H20F3N3O3S2. The van der Waals surface area contributed by atoms with Gasteiger partial charge in [0.1, 0.15) is 10.9 Å². The van der Waals surface area contributed by atoms with E-state index in [9.17, 15) is 27.6 Å². The van der Waals surface area contributed by atoms with Crippen molar-refractivity contribution in [2.45, 2.75) is 37.9 Å². The number of hydrogen-bond donors (Lipinski definition) is 1. The fourth-order valence-corrected chi connectivity index (χ4v) is 6.25. The molecule has 2 aromatic rings. The molecule has 0 unspecified atom stereocenters. The van der Waals surface area contributed by atoms with E-state index < -0.39 is 30.1 Å². The van der Waals surface area contributed by atoms with Crippen LogP contribution in [-0.2, 0) is 20.6 Å². The highest BCUT2D eigenvalue weighted by molar-refractivity contribution is 8.26. The molecule has 1 saturated heterocycles. The van der Waals surface area contributed by atoms with Crippen LogP contribution in [0, 0.1) is 0 Å². The lowest BCUT2D eigenvalue weighted by Crippen LogP contribution is -2.37. The Morgan fingerprint density at radius 2 is 1.78 bits per heavy atom. The van der Waals surface area contributed by atoms with E-state index in [0.29, 0.717) is 15.6 Å². The number of rotatable bonds is 4. The molecule has 1 saturated carbocycles. The third kappa shape index (κ3) is 4.41. The molecule has 1 aliphatic carbocycles. The van der Waals surface area contributed by atoms with Crippen molar-refractivity contribution in [3.05, 3.63) is 64.6 Å². The van der Waals surface area contributed by atoms with Crippen LogP contribution in [0.25, 0.3) is 5.57 Å². The standard InChI is InChI=1S/C25H20F3N3O3S2/c26-25(27,28)14-6-5-7-15(12-14)29-19(32)13-30-18-11-4-3-10-17(18)20(22(30)33)21-23(34)31(24(35)36-21)16-8-1-2-9-16/h3-7,10-12,16H,1-2,8-9,13H2,(H,29,32). The molecule has 0 bridgehead atoms. The Hall–Kier alpha value is -3.18. The second-order valence-corrected chi connectivity index (χ2v) is 10.4. The first-order chi connectivity index (χ1) is 17.1. The molecule has 0 atom stereocenters. The third-order valence-corrected chi connectivity index (χ3v) is 7.82. The highest BCUT2D eigenvalue weighted by Gasteiger charge is 2.44. The average molecular weight is 532 g/mol. The number of amides is 3. The van der Waals surface area contributed by atoms with Gasteiger partial charge in [0.15, 0.2) is 0 Å². The number of benzene rings is 2. The van der Waals surface area contributed by atoms with E-state index in [-0.39, 0.29) is 28.1 Å². The summed E-state index contributed by atoms with van der Waals surface area (Å²) in [6.45, 7) is -0.432. The van der Waals surface area contributed by atoms with E-state index in [4.69, 9.17) is 12.2 Å². The van der Waals surface area contributed by atoms with Crippen LogP contribution in [0.2, 0.25) is 0 Å². The van der Waals surface area contributed by atoms with Gasteiger partial charge in [0, 0.05) is 17.3 Å². The van der Waals surface area contributed by atoms with Gasteiger partial charge in [0.25, 0.3) is 11.8 Å². The zero-order chi connectivity index (χ0) is 25.6. The van der Waals surface area contributed by atoms with Crippen molar-refractivity contribution in [2.24, 2.45) is 0 Å². The Balaban J connectivity index is 1.41. The first-order valence-corrected chi connectivity index (χ1v) is 12.6. The Morgan fingerprint density at radius 1 is 1.06 bits per heavy atom. The van der Waals surface area contributed by atoms with Gasteiger partial charge in [-0.25, -0.2) is 0 Å². The summed E-state index contributed by atoms with van der Waals surface area (Å²) in [5, 5.41) is 2.43. The third-order valence-electron chi connectivity index (χ3n) is 6.41. The van der Waals surface area contributed by atoms with Gasteiger partial charge < -0.3 is 5.32 Å². The number of para-hydroxylation sites is 1. The zero-order valence-corrected chi connectivity index (χ0v) is 20.4. The molecule has 2 aliphatic heterocycles. The average Bonchev–Trinajstić information content (AvgIpc) is 3.51. The molecule has 0 spiro atoms. The molecule has 2 aromatic carbocycles. The minimum absolute atomic E-state index is 0.0247. The second kappa shape index (κ2) is 9.36.